The number of aliphatic hydroxyl groups is 1. The van der Waals surface area contributed by atoms with Crippen molar-refractivity contribution in [3.8, 4) is 5.75 Å². The van der Waals surface area contributed by atoms with Crippen LogP contribution >= 0.6 is 0 Å². The molecule has 0 bridgehead atoms. The van der Waals surface area contributed by atoms with Gasteiger partial charge in [0.05, 0.1) is 6.10 Å². The minimum absolute atomic E-state index is 0.00922. The number of carboxylic acid groups (broad SMARTS) is 1. The normalized spacial score (nSPS) is 16.5. The van der Waals surface area contributed by atoms with Crippen molar-refractivity contribution in [3.63, 3.8) is 0 Å². The van der Waals surface area contributed by atoms with Gasteiger partial charge in [-0.25, -0.2) is 4.79 Å². The molecule has 4 N–H and O–H groups in total. The monoisotopic (exact) mass is 528 g/mol. The molecule has 206 valence electrons. The Labute approximate surface area is 231 Å². The molecule has 1 atom stereocenters. The zero-order valence-corrected chi connectivity index (χ0v) is 23.7. The van der Waals surface area contributed by atoms with Crippen molar-refractivity contribution in [1.29, 1.82) is 0 Å². The highest BCUT2D eigenvalue weighted by molar-refractivity contribution is 5.91. The Morgan fingerprint density at radius 2 is 1.67 bits per heavy atom. The lowest BCUT2D eigenvalue weighted by Crippen LogP contribution is -2.35. The van der Waals surface area contributed by atoms with Gasteiger partial charge in [-0.2, -0.15) is 0 Å². The number of nitrogens with one attached hydrogen (secondary N) is 1. The summed E-state index contributed by atoms with van der Waals surface area (Å²) in [5.74, 6) is -1.49. The van der Waals surface area contributed by atoms with E-state index >= 15 is 0 Å². The average Bonchev–Trinajstić information content (AvgIpc) is 2.88. The molecule has 1 aliphatic carbocycles. The number of carboxylic acids is 1. The number of aromatic carboxylic acids is 1. The van der Waals surface area contributed by atoms with Crippen LogP contribution in [0.4, 0.5) is 11.4 Å². The number of anilines is 2. The summed E-state index contributed by atoms with van der Waals surface area (Å²) in [5.41, 5.74) is 7.11. The first-order valence-electron chi connectivity index (χ1n) is 13.4. The number of nitrogens with zero attached hydrogens (tertiary/aromatic N) is 1. The van der Waals surface area contributed by atoms with Crippen LogP contribution in [-0.2, 0) is 17.4 Å². The Morgan fingerprint density at radius 1 is 1.00 bits per heavy atom. The second-order valence-electron chi connectivity index (χ2n) is 12.1. The first-order valence-corrected chi connectivity index (χ1v) is 13.4. The molecule has 6 heteroatoms. The van der Waals surface area contributed by atoms with Crippen LogP contribution in [0.2, 0.25) is 0 Å². The van der Waals surface area contributed by atoms with E-state index in [2.05, 4.69) is 74.3 Å². The molecule has 39 heavy (non-hydrogen) atoms. The molecule has 0 saturated carbocycles. The summed E-state index contributed by atoms with van der Waals surface area (Å²) in [6.45, 7) is 9.79. The fourth-order valence-electron chi connectivity index (χ4n) is 5.38. The topological polar surface area (TPSA) is 93.0 Å². The van der Waals surface area contributed by atoms with E-state index < -0.39 is 12.1 Å². The smallest absolute Gasteiger partial charge is 0.339 e. The maximum atomic E-state index is 11.2. The molecule has 0 fully saturated rings. The Hall–Kier alpha value is -3.77. The van der Waals surface area contributed by atoms with E-state index in [0.717, 1.165) is 29.8 Å². The van der Waals surface area contributed by atoms with Crippen molar-refractivity contribution in [3.05, 3.63) is 94.1 Å². The van der Waals surface area contributed by atoms with Gasteiger partial charge in [-0.3, -0.25) is 0 Å². The number of hydrogen-bond acceptors (Lipinski definition) is 5. The maximum absolute atomic E-state index is 11.2. The number of rotatable bonds is 8. The predicted molar refractivity (Wildman–Crippen MR) is 159 cm³/mol. The highest BCUT2D eigenvalue weighted by Gasteiger charge is 2.39. The molecular weight excluding hydrogens is 488 g/mol. The molecule has 0 spiro atoms. The van der Waals surface area contributed by atoms with E-state index in [9.17, 15) is 15.0 Å². The minimum Gasteiger partial charge on any atom is -0.507 e. The fourth-order valence-corrected chi connectivity index (χ4v) is 5.38. The number of aromatic hydroxyl groups is 1. The summed E-state index contributed by atoms with van der Waals surface area (Å²) in [6.07, 6.45) is 4.63. The predicted octanol–water partition coefficient (Wildman–Crippen LogP) is 6.86. The summed E-state index contributed by atoms with van der Waals surface area (Å²) in [7, 11) is 4.06. The largest absolute Gasteiger partial charge is 0.507 e. The first kappa shape index (κ1) is 28.2. The van der Waals surface area contributed by atoms with Gasteiger partial charge in [0.2, 0.25) is 0 Å². The van der Waals surface area contributed by atoms with E-state index in [0.29, 0.717) is 12.1 Å². The summed E-state index contributed by atoms with van der Waals surface area (Å²) < 4.78 is 0. The van der Waals surface area contributed by atoms with E-state index in [1.807, 2.05) is 14.1 Å². The van der Waals surface area contributed by atoms with Crippen molar-refractivity contribution in [2.45, 2.75) is 64.0 Å². The van der Waals surface area contributed by atoms with Crippen LogP contribution in [0.1, 0.15) is 84.8 Å². The van der Waals surface area contributed by atoms with Crippen molar-refractivity contribution >= 4 is 23.4 Å². The summed E-state index contributed by atoms with van der Waals surface area (Å²) in [4.78, 5) is 13.3. The van der Waals surface area contributed by atoms with E-state index in [-0.39, 0.29) is 22.1 Å². The van der Waals surface area contributed by atoms with E-state index in [1.165, 1.54) is 28.8 Å². The van der Waals surface area contributed by atoms with Gasteiger partial charge < -0.3 is 25.5 Å². The van der Waals surface area contributed by atoms with Crippen LogP contribution in [0.5, 0.6) is 5.75 Å². The van der Waals surface area contributed by atoms with Crippen molar-refractivity contribution in [2.24, 2.45) is 0 Å². The van der Waals surface area contributed by atoms with Crippen LogP contribution in [0.25, 0.3) is 6.08 Å². The quantitative estimate of drug-likeness (QED) is 0.255. The number of benzene rings is 3. The zero-order valence-electron chi connectivity index (χ0n) is 23.7. The van der Waals surface area contributed by atoms with Crippen LogP contribution in [0.15, 0.2) is 60.7 Å². The van der Waals surface area contributed by atoms with Gasteiger partial charge in [-0.05, 0) is 81.8 Å². The number of aliphatic hydroxyl groups excluding tert-OH is 1. The Bertz CT molecular complexity index is 1390. The second-order valence-corrected chi connectivity index (χ2v) is 12.1. The number of fused-ring (bicyclic) bond motifs is 1. The molecule has 0 heterocycles. The highest BCUT2D eigenvalue weighted by atomic mass is 16.4. The van der Waals surface area contributed by atoms with Gasteiger partial charge >= 0.3 is 5.97 Å². The van der Waals surface area contributed by atoms with Crippen LogP contribution in [0, 0.1) is 0 Å². The third-order valence-corrected chi connectivity index (χ3v) is 7.94. The average molecular weight is 529 g/mol. The van der Waals surface area contributed by atoms with Gasteiger partial charge in [0.1, 0.15) is 11.3 Å². The lowest BCUT2D eigenvalue weighted by Gasteiger charge is -2.43. The zero-order chi connectivity index (χ0) is 28.5. The maximum Gasteiger partial charge on any atom is 0.339 e. The highest BCUT2D eigenvalue weighted by Crippen LogP contribution is 2.49. The molecule has 6 nitrogen and oxygen atoms in total. The second kappa shape index (κ2) is 10.8. The van der Waals surface area contributed by atoms with Gasteiger partial charge in [-0.15, -0.1) is 0 Å². The van der Waals surface area contributed by atoms with Crippen molar-refractivity contribution in [2.75, 3.05) is 24.3 Å². The molecule has 1 unspecified atom stereocenters. The molecule has 0 radical (unpaired) electrons. The van der Waals surface area contributed by atoms with Gasteiger partial charge in [0.15, 0.2) is 0 Å². The molecule has 3 aromatic rings. The van der Waals surface area contributed by atoms with Gasteiger partial charge in [-0.1, -0.05) is 64.1 Å². The SMILES string of the molecule is CN(C)c1ccc(CNc2cc(C(O)C=Cc3ccc(C(=O)O)c(O)c3)cc3c2C(C)(C)CCC3(C)C)cc1. The van der Waals surface area contributed by atoms with Crippen molar-refractivity contribution < 1.29 is 20.1 Å². The fraction of sp³-hybridized carbons (Fsp3) is 0.364. The number of carbonyl (C=O) groups is 1. The lowest BCUT2D eigenvalue weighted by molar-refractivity contribution is 0.0693. The van der Waals surface area contributed by atoms with Crippen molar-refractivity contribution in [1.82, 2.24) is 0 Å². The van der Waals surface area contributed by atoms with Gasteiger partial charge in [0.25, 0.3) is 0 Å². The molecule has 4 rings (SSSR count). The summed E-state index contributed by atoms with van der Waals surface area (Å²) >= 11 is 0. The minimum atomic E-state index is -1.18. The molecule has 1 aliphatic rings. The Balaban J connectivity index is 1.68. The molecular formula is C33H40N2O4. The van der Waals surface area contributed by atoms with Crippen LogP contribution in [-0.4, -0.2) is 35.4 Å². The molecule has 0 saturated heterocycles. The van der Waals surface area contributed by atoms with Gasteiger partial charge in [0, 0.05) is 32.0 Å². The standard InChI is InChI=1S/C33H40N2O4/c1-32(2)15-16-33(3,4)30-26(32)18-23(19-27(30)34-20-22-7-11-24(12-8-22)35(5)6)28(36)14-10-21-9-13-25(31(38)39)29(37)17-21/h7-14,17-19,28,34,36-37H,15-16,20H2,1-6H3,(H,38,39). The lowest BCUT2D eigenvalue weighted by atomic mass is 9.62. The third-order valence-electron chi connectivity index (χ3n) is 7.94. The Kier molecular flexibility index (Phi) is 7.80. The molecule has 0 aliphatic heterocycles. The van der Waals surface area contributed by atoms with E-state index in [4.69, 9.17) is 5.11 Å². The summed E-state index contributed by atoms with van der Waals surface area (Å²) in [6, 6.07) is 17.0. The summed E-state index contributed by atoms with van der Waals surface area (Å²) in [5, 5.41) is 34.1. The number of phenols is 1. The third kappa shape index (κ3) is 6.12. The van der Waals surface area contributed by atoms with Crippen LogP contribution < -0.4 is 10.2 Å². The molecule has 0 aromatic heterocycles. The Morgan fingerprint density at radius 3 is 2.28 bits per heavy atom. The number of hydrogen-bond donors (Lipinski definition) is 4. The van der Waals surface area contributed by atoms with E-state index in [1.54, 1.807) is 18.2 Å². The molecule has 3 aromatic carbocycles. The first-order chi connectivity index (χ1) is 18.3. The van der Waals surface area contributed by atoms with Crippen LogP contribution in [0.3, 0.4) is 0 Å². The molecule has 0 amide bonds.